The number of nitrogens with one attached hydrogen (secondary N) is 2. The van der Waals surface area contributed by atoms with Crippen molar-refractivity contribution in [1.29, 1.82) is 0 Å². The van der Waals surface area contributed by atoms with Crippen molar-refractivity contribution in [3.8, 4) is 0 Å². The van der Waals surface area contributed by atoms with Gasteiger partial charge in [0, 0.05) is 19.0 Å². The summed E-state index contributed by atoms with van der Waals surface area (Å²) >= 11 is 0. The van der Waals surface area contributed by atoms with Crippen molar-refractivity contribution >= 4 is 11.8 Å². The standard InChI is InChI=1S/C14H23N3O3/c1-14(2,3)10(4-5-13(19)20)6-7-15-11-8-12(18)17-9-16-11/h8-10H,4-7H2,1-3H3,(H,19,20)(H2,15,16,17,18). The number of hydrogen-bond donors (Lipinski definition) is 3. The Balaban J connectivity index is 2.50. The second-order valence-electron chi connectivity index (χ2n) is 6.01. The molecular weight excluding hydrogens is 258 g/mol. The van der Waals surface area contributed by atoms with Crippen LogP contribution in [-0.2, 0) is 4.79 Å². The fourth-order valence-corrected chi connectivity index (χ4v) is 2.15. The highest BCUT2D eigenvalue weighted by atomic mass is 16.4. The van der Waals surface area contributed by atoms with Crippen LogP contribution in [-0.4, -0.2) is 27.6 Å². The first-order chi connectivity index (χ1) is 9.29. The minimum absolute atomic E-state index is 0.0543. The van der Waals surface area contributed by atoms with E-state index in [-0.39, 0.29) is 17.4 Å². The number of aromatic nitrogens is 2. The molecule has 1 unspecified atom stereocenters. The zero-order valence-corrected chi connectivity index (χ0v) is 12.3. The fourth-order valence-electron chi connectivity index (χ4n) is 2.15. The van der Waals surface area contributed by atoms with E-state index in [9.17, 15) is 9.59 Å². The molecule has 0 fully saturated rings. The molecule has 0 aromatic carbocycles. The number of H-pyrrole nitrogens is 1. The van der Waals surface area contributed by atoms with Crippen molar-refractivity contribution in [1.82, 2.24) is 9.97 Å². The topological polar surface area (TPSA) is 95.1 Å². The summed E-state index contributed by atoms with van der Waals surface area (Å²) in [5.74, 6) is 0.0798. The summed E-state index contributed by atoms with van der Waals surface area (Å²) in [4.78, 5) is 28.3. The van der Waals surface area contributed by atoms with Gasteiger partial charge in [0.2, 0.25) is 0 Å². The quantitative estimate of drug-likeness (QED) is 0.711. The normalized spacial score (nSPS) is 12.9. The van der Waals surface area contributed by atoms with E-state index in [0.29, 0.717) is 24.7 Å². The van der Waals surface area contributed by atoms with Crippen molar-refractivity contribution in [2.75, 3.05) is 11.9 Å². The molecule has 1 heterocycles. The van der Waals surface area contributed by atoms with Crippen LogP contribution >= 0.6 is 0 Å². The summed E-state index contributed by atoms with van der Waals surface area (Å²) in [7, 11) is 0. The van der Waals surface area contributed by atoms with E-state index >= 15 is 0 Å². The van der Waals surface area contributed by atoms with Gasteiger partial charge >= 0.3 is 5.97 Å². The van der Waals surface area contributed by atoms with Crippen molar-refractivity contribution in [2.45, 2.75) is 40.0 Å². The number of anilines is 1. The number of carbonyl (C=O) groups is 1. The largest absolute Gasteiger partial charge is 0.481 e. The van der Waals surface area contributed by atoms with Gasteiger partial charge in [-0.15, -0.1) is 0 Å². The lowest BCUT2D eigenvalue weighted by atomic mass is 9.76. The van der Waals surface area contributed by atoms with Crippen LogP contribution in [0.2, 0.25) is 0 Å². The molecule has 0 aliphatic heterocycles. The molecular formula is C14H23N3O3. The molecule has 0 aliphatic carbocycles. The van der Waals surface area contributed by atoms with Crippen molar-refractivity contribution in [2.24, 2.45) is 11.3 Å². The molecule has 0 saturated carbocycles. The van der Waals surface area contributed by atoms with Crippen LogP contribution < -0.4 is 10.9 Å². The first-order valence-electron chi connectivity index (χ1n) is 6.79. The fraction of sp³-hybridized carbons (Fsp3) is 0.643. The molecule has 6 heteroatoms. The summed E-state index contributed by atoms with van der Waals surface area (Å²) in [6, 6.07) is 1.41. The average molecular weight is 281 g/mol. The smallest absolute Gasteiger partial charge is 0.303 e. The van der Waals surface area contributed by atoms with Gasteiger partial charge in [0.25, 0.3) is 5.56 Å². The maximum absolute atomic E-state index is 11.1. The van der Waals surface area contributed by atoms with E-state index in [1.165, 1.54) is 12.4 Å². The number of carboxylic acids is 1. The first-order valence-corrected chi connectivity index (χ1v) is 6.79. The van der Waals surface area contributed by atoms with Crippen molar-refractivity contribution in [3.05, 3.63) is 22.7 Å². The van der Waals surface area contributed by atoms with Crippen LogP contribution in [0.3, 0.4) is 0 Å². The second-order valence-corrected chi connectivity index (χ2v) is 6.01. The Kier molecular flexibility index (Phi) is 5.73. The zero-order valence-electron chi connectivity index (χ0n) is 12.3. The van der Waals surface area contributed by atoms with Crippen LogP contribution in [0.5, 0.6) is 0 Å². The second kappa shape index (κ2) is 7.07. The Morgan fingerprint density at radius 2 is 2.15 bits per heavy atom. The van der Waals surface area contributed by atoms with Gasteiger partial charge in [-0.1, -0.05) is 20.8 Å². The molecule has 20 heavy (non-hydrogen) atoms. The number of aromatic amines is 1. The minimum Gasteiger partial charge on any atom is -0.481 e. The number of aliphatic carboxylic acids is 1. The summed E-state index contributed by atoms with van der Waals surface area (Å²) < 4.78 is 0. The van der Waals surface area contributed by atoms with Gasteiger partial charge in [0.15, 0.2) is 0 Å². The third-order valence-electron chi connectivity index (χ3n) is 3.41. The van der Waals surface area contributed by atoms with Gasteiger partial charge in [-0.3, -0.25) is 9.59 Å². The summed E-state index contributed by atoms with van der Waals surface area (Å²) in [6.07, 6.45) is 3.04. The maximum atomic E-state index is 11.1. The third kappa shape index (κ3) is 5.86. The Morgan fingerprint density at radius 3 is 2.70 bits per heavy atom. The Morgan fingerprint density at radius 1 is 1.45 bits per heavy atom. The predicted molar refractivity (Wildman–Crippen MR) is 77.8 cm³/mol. The monoisotopic (exact) mass is 281 g/mol. The van der Waals surface area contributed by atoms with E-state index in [0.717, 1.165) is 6.42 Å². The number of hydrogen-bond acceptors (Lipinski definition) is 4. The van der Waals surface area contributed by atoms with Gasteiger partial charge in [0.05, 0.1) is 6.33 Å². The number of nitrogens with zero attached hydrogens (tertiary/aromatic N) is 1. The maximum Gasteiger partial charge on any atom is 0.303 e. The highest BCUT2D eigenvalue weighted by molar-refractivity contribution is 5.66. The molecule has 0 spiro atoms. The average Bonchev–Trinajstić information content (AvgIpc) is 2.31. The van der Waals surface area contributed by atoms with E-state index < -0.39 is 5.97 Å². The molecule has 1 rings (SSSR count). The van der Waals surface area contributed by atoms with Gasteiger partial charge in [0.1, 0.15) is 5.82 Å². The highest BCUT2D eigenvalue weighted by Gasteiger charge is 2.24. The molecule has 0 bridgehead atoms. The molecule has 112 valence electrons. The lowest BCUT2D eigenvalue weighted by Gasteiger charge is -2.30. The molecule has 0 saturated heterocycles. The van der Waals surface area contributed by atoms with E-state index in [1.54, 1.807) is 0 Å². The Hall–Kier alpha value is -1.85. The van der Waals surface area contributed by atoms with E-state index in [2.05, 4.69) is 36.1 Å². The van der Waals surface area contributed by atoms with E-state index in [1.807, 2.05) is 0 Å². The van der Waals surface area contributed by atoms with Crippen LogP contribution in [0.4, 0.5) is 5.82 Å². The van der Waals surface area contributed by atoms with Gasteiger partial charge in [-0.05, 0) is 24.2 Å². The van der Waals surface area contributed by atoms with Crippen molar-refractivity contribution in [3.63, 3.8) is 0 Å². The van der Waals surface area contributed by atoms with Gasteiger partial charge in [-0.25, -0.2) is 4.98 Å². The van der Waals surface area contributed by atoms with Crippen LogP contribution in [0, 0.1) is 11.3 Å². The molecule has 1 aromatic heterocycles. The van der Waals surface area contributed by atoms with Crippen molar-refractivity contribution < 1.29 is 9.90 Å². The molecule has 1 atom stereocenters. The Bertz CT molecular complexity index is 491. The SMILES string of the molecule is CC(C)(C)C(CCNc1cc(=O)[nH]cn1)CCC(=O)O. The molecule has 0 radical (unpaired) electrons. The summed E-state index contributed by atoms with van der Waals surface area (Å²) in [6.45, 7) is 7.01. The molecule has 0 aliphatic rings. The molecule has 3 N–H and O–H groups in total. The third-order valence-corrected chi connectivity index (χ3v) is 3.41. The van der Waals surface area contributed by atoms with E-state index in [4.69, 9.17) is 5.11 Å². The molecule has 1 aromatic rings. The minimum atomic E-state index is -0.761. The van der Waals surface area contributed by atoms with Crippen LogP contribution in [0.25, 0.3) is 0 Å². The summed E-state index contributed by atoms with van der Waals surface area (Å²) in [5, 5.41) is 11.9. The summed E-state index contributed by atoms with van der Waals surface area (Å²) in [5.41, 5.74) is -0.139. The van der Waals surface area contributed by atoms with Crippen LogP contribution in [0.1, 0.15) is 40.0 Å². The lowest BCUT2D eigenvalue weighted by molar-refractivity contribution is -0.137. The molecule has 0 amide bonds. The molecule has 6 nitrogen and oxygen atoms in total. The number of carboxylic acid groups (broad SMARTS) is 1. The lowest BCUT2D eigenvalue weighted by Crippen LogP contribution is -2.24. The highest BCUT2D eigenvalue weighted by Crippen LogP contribution is 2.32. The Labute approximate surface area is 118 Å². The number of rotatable bonds is 7. The zero-order chi connectivity index (χ0) is 15.2. The van der Waals surface area contributed by atoms with Gasteiger partial charge in [-0.2, -0.15) is 0 Å². The predicted octanol–water partition coefficient (Wildman–Crippen LogP) is 2.10. The van der Waals surface area contributed by atoms with Crippen LogP contribution in [0.15, 0.2) is 17.2 Å². The van der Waals surface area contributed by atoms with Gasteiger partial charge < -0.3 is 15.4 Å². The first kappa shape index (κ1) is 16.2.